The molecule has 4 heterocycles. The first-order chi connectivity index (χ1) is 32.6. The number of hydrogen-bond acceptors (Lipinski definition) is 21. The summed E-state index contributed by atoms with van der Waals surface area (Å²) in [5.41, 5.74) is -6.59. The van der Waals surface area contributed by atoms with E-state index in [1.165, 1.54) is 19.1 Å². The third-order valence-corrected chi connectivity index (χ3v) is 16.0. The summed E-state index contributed by atoms with van der Waals surface area (Å²) in [6.07, 6.45) is -1.27. The van der Waals surface area contributed by atoms with Crippen molar-refractivity contribution in [3.8, 4) is 5.75 Å². The molecule has 2 aromatic rings. The Kier molecular flexibility index (Phi) is 17.9. The lowest BCUT2D eigenvalue weighted by atomic mass is 9.95. The maximum absolute atomic E-state index is 16.0. The van der Waals surface area contributed by atoms with E-state index in [9.17, 15) is 62.8 Å². The second kappa shape index (κ2) is 21.9. The molecule has 1 saturated carbocycles. The van der Waals surface area contributed by atoms with Gasteiger partial charge in [0.05, 0.1) is 0 Å². The average Bonchev–Trinajstić information content (AvgIpc) is 3.55. The number of carbonyl (C=O) groups excluding carboxylic acids is 2. The third-order valence-electron chi connectivity index (χ3n) is 10.6. The molecule has 398 valence electrons. The number of benzene rings is 1. The Bertz CT molecular complexity index is 2630. The number of nitrogens with one attached hydrogen (secondary N) is 3. The number of hydrogen-bond donors (Lipinski definition) is 11. The molecule has 0 radical (unpaired) electrons. The van der Waals surface area contributed by atoms with Crippen LogP contribution in [0, 0.1) is 0 Å². The van der Waals surface area contributed by atoms with Crippen molar-refractivity contribution in [2.45, 2.75) is 113 Å². The highest BCUT2D eigenvalue weighted by Gasteiger charge is 2.66. The van der Waals surface area contributed by atoms with Gasteiger partial charge < -0.3 is 69.0 Å². The summed E-state index contributed by atoms with van der Waals surface area (Å²) in [7, 11) is -21.8. The standard InChI is InChI=1S/C25H33FN3O10P.C11H18FN2O14P3/c1-16(20(31)37-17-9-5-3-6-10-17)28-40(35,39-18-11-7-4-8-12-18)36-15-25(26)21(32)24(2,34)22(38-25)29-14-13-19(30)27-23(29)33;1-6-13-7(15)3-4-14(6)9-10(2,17)8(16)11(12,26-9)5-25-30(21,22)28-31(23,24)27-29(18,19)20/h4,7-8,11-14,16-17,21-22,32,34H,3,5-6,9-10,15H2,1-2H3,(H,28,35)(H,27,30,33);3-4,8-9,16-17H,1,5H2,2H3,(H,13,15)(H,21,22)(H,23,24)(H2,18,19,20)/t16?,21-,22+,24+,25+,40?;8-,9+,10+,11+/m00/s1. The molecule has 35 heteroatoms. The van der Waals surface area contributed by atoms with Crippen LogP contribution in [0.3, 0.4) is 0 Å². The number of rotatable bonds is 18. The minimum Gasteiger partial charge on any atom is -0.461 e. The number of nitrogens with zero attached hydrogens (tertiary/aromatic N) is 2. The monoisotopic (exact) mass is 1100 g/mol. The number of aromatic nitrogens is 2. The fourth-order valence-electron chi connectivity index (χ4n) is 7.20. The van der Waals surface area contributed by atoms with Crippen molar-refractivity contribution in [1.82, 2.24) is 24.9 Å². The van der Waals surface area contributed by atoms with Crippen molar-refractivity contribution in [1.29, 1.82) is 0 Å². The second-order valence-electron chi connectivity index (χ2n) is 16.5. The molecule has 1 amide bonds. The van der Waals surface area contributed by atoms with Crippen molar-refractivity contribution >= 4 is 43.1 Å². The van der Waals surface area contributed by atoms with Crippen LogP contribution in [0.15, 0.2) is 76.9 Å². The Morgan fingerprint density at radius 1 is 0.873 bits per heavy atom. The number of para-hydroxylation sites is 1. The molecular formula is C36H51F2N5O24P4. The normalized spacial score (nSPS) is 32.1. The van der Waals surface area contributed by atoms with E-state index in [0.29, 0.717) is 17.4 Å². The van der Waals surface area contributed by atoms with E-state index < -0.39 is 121 Å². The van der Waals surface area contributed by atoms with Crippen molar-refractivity contribution in [2.75, 3.05) is 13.2 Å². The molecule has 29 nitrogen and oxygen atoms in total. The molecule has 4 unspecified atom stereocenters. The van der Waals surface area contributed by atoms with E-state index in [4.69, 9.17) is 37.9 Å². The van der Waals surface area contributed by atoms with Gasteiger partial charge >= 0.3 is 42.9 Å². The Morgan fingerprint density at radius 2 is 1.44 bits per heavy atom. The molecule has 3 aliphatic heterocycles. The zero-order chi connectivity index (χ0) is 53.2. The number of aliphatic hydroxyl groups excluding tert-OH is 2. The number of H-pyrrole nitrogens is 1. The summed E-state index contributed by atoms with van der Waals surface area (Å²) in [6, 6.07) is 7.51. The molecule has 0 bridgehead atoms. The summed E-state index contributed by atoms with van der Waals surface area (Å²) in [4.78, 5) is 86.0. The molecular weight excluding hydrogens is 1050 g/mol. The number of amides is 1. The van der Waals surface area contributed by atoms with Gasteiger partial charge in [-0.1, -0.05) is 31.2 Å². The molecule has 3 fully saturated rings. The number of aliphatic hydroxyl groups is 4. The summed E-state index contributed by atoms with van der Waals surface area (Å²) in [6.45, 7) is 3.85. The van der Waals surface area contributed by atoms with Gasteiger partial charge in [0.1, 0.15) is 60.3 Å². The minimum atomic E-state index is -5.85. The quantitative estimate of drug-likeness (QED) is 0.0726. The molecule has 1 aromatic carbocycles. The SMILES string of the molecule is C=C1NC(=O)C=CN1[C@@H]1O[C@](F)(COP(=O)(O)OP(=O)(O)OP(=O)(O)O)[C@@H](O)[C@@]1(C)O.CC(NP(=O)(OC[C@@]1(F)O[C@@H](n2ccc(=O)[nH]c2=O)[C@](C)(O)[C@@H]1O)Oc1ccccc1)C(=O)OC1CCCCC1. The van der Waals surface area contributed by atoms with E-state index in [2.05, 4.69) is 30.1 Å². The number of ether oxygens (including phenoxy) is 3. The van der Waals surface area contributed by atoms with E-state index in [0.717, 1.165) is 62.5 Å². The Labute approximate surface area is 399 Å². The fraction of sp³-hybridized carbons (Fsp3) is 0.556. The second-order valence-corrected chi connectivity index (χ2v) is 22.6. The molecule has 71 heavy (non-hydrogen) atoms. The van der Waals surface area contributed by atoms with Gasteiger partial charge in [0, 0.05) is 24.5 Å². The van der Waals surface area contributed by atoms with Crippen LogP contribution in [-0.2, 0) is 59.7 Å². The summed E-state index contributed by atoms with van der Waals surface area (Å²) in [5.74, 6) is -8.04. The van der Waals surface area contributed by atoms with Gasteiger partial charge in [-0.05, 0) is 58.6 Å². The van der Waals surface area contributed by atoms with E-state index in [-0.39, 0.29) is 17.7 Å². The third kappa shape index (κ3) is 14.7. The van der Waals surface area contributed by atoms with Crippen LogP contribution in [0.4, 0.5) is 8.78 Å². The molecule has 4 aliphatic rings. The van der Waals surface area contributed by atoms with Crippen LogP contribution >= 0.6 is 31.2 Å². The first kappa shape index (κ1) is 58.0. The molecule has 11 N–H and O–H groups in total. The Balaban J connectivity index is 0.000000273. The highest BCUT2D eigenvalue weighted by atomic mass is 31.3. The summed E-state index contributed by atoms with van der Waals surface area (Å²) in [5, 5.41) is 46.8. The van der Waals surface area contributed by atoms with Gasteiger partial charge in [0.2, 0.25) is 0 Å². The van der Waals surface area contributed by atoms with Crippen LogP contribution in [0.2, 0.25) is 0 Å². The number of aromatic amines is 1. The van der Waals surface area contributed by atoms with Crippen LogP contribution in [0.25, 0.3) is 0 Å². The van der Waals surface area contributed by atoms with Crippen molar-refractivity contribution in [3.63, 3.8) is 0 Å². The number of alkyl halides is 2. The van der Waals surface area contributed by atoms with Gasteiger partial charge in [-0.3, -0.25) is 33.0 Å². The molecule has 2 saturated heterocycles. The van der Waals surface area contributed by atoms with Gasteiger partial charge in [0.25, 0.3) is 23.2 Å². The zero-order valence-electron chi connectivity index (χ0n) is 37.4. The molecule has 1 aromatic heterocycles. The van der Waals surface area contributed by atoms with Crippen LogP contribution in [0.5, 0.6) is 5.75 Å². The number of phosphoric acid groups is 3. The number of carbonyl (C=O) groups is 2. The van der Waals surface area contributed by atoms with Gasteiger partial charge in [0.15, 0.2) is 12.5 Å². The first-order valence-corrected chi connectivity index (χ1v) is 26.8. The largest absolute Gasteiger partial charge is 0.490 e. The number of esters is 1. The first-order valence-electron chi connectivity index (χ1n) is 20.7. The van der Waals surface area contributed by atoms with Gasteiger partial charge in [-0.15, -0.1) is 0 Å². The van der Waals surface area contributed by atoms with Crippen LogP contribution in [0.1, 0.15) is 59.1 Å². The molecule has 1 aliphatic carbocycles. The maximum atomic E-state index is 16.0. The lowest BCUT2D eigenvalue weighted by Crippen LogP contribution is -2.54. The van der Waals surface area contributed by atoms with Crippen LogP contribution < -0.4 is 26.2 Å². The predicted molar refractivity (Wildman–Crippen MR) is 232 cm³/mol. The summed E-state index contributed by atoms with van der Waals surface area (Å²) < 4.78 is 117. The molecule has 0 spiro atoms. The number of halogens is 2. The van der Waals surface area contributed by atoms with Crippen molar-refractivity contribution in [2.24, 2.45) is 0 Å². The van der Waals surface area contributed by atoms with Crippen molar-refractivity contribution in [3.05, 3.63) is 88.1 Å². The topological polar surface area (TPSA) is 420 Å². The number of phosphoric ester groups is 1. The molecule has 6 rings (SSSR count). The zero-order valence-corrected chi connectivity index (χ0v) is 40.9. The lowest BCUT2D eigenvalue weighted by molar-refractivity contribution is -0.207. The van der Waals surface area contributed by atoms with Crippen LogP contribution in [-0.4, -0.2) is 133 Å². The Morgan fingerprint density at radius 3 is 2.00 bits per heavy atom. The van der Waals surface area contributed by atoms with Gasteiger partial charge in [-0.2, -0.15) is 13.7 Å². The fourth-order valence-corrected chi connectivity index (χ4v) is 11.7. The van der Waals surface area contributed by atoms with Gasteiger partial charge in [-0.25, -0.2) is 31.8 Å². The maximum Gasteiger partial charge on any atom is 0.490 e. The van der Waals surface area contributed by atoms with E-state index >= 15 is 8.78 Å². The predicted octanol–water partition coefficient (Wildman–Crippen LogP) is 0.781. The summed E-state index contributed by atoms with van der Waals surface area (Å²) >= 11 is 0. The highest BCUT2D eigenvalue weighted by molar-refractivity contribution is 7.66. The average molecular weight is 1100 g/mol. The van der Waals surface area contributed by atoms with E-state index in [1.807, 2.05) is 4.98 Å². The minimum absolute atomic E-state index is 0.0663. The smallest absolute Gasteiger partial charge is 0.461 e. The lowest BCUT2D eigenvalue weighted by Gasteiger charge is -2.36. The van der Waals surface area contributed by atoms with Crippen molar-refractivity contribution < 1.29 is 113 Å². The Hall–Kier alpha value is -3.90. The van der Waals surface area contributed by atoms with E-state index in [1.54, 1.807) is 18.2 Å². The molecule has 12 atom stereocenters. The highest BCUT2D eigenvalue weighted by Crippen LogP contribution is 2.66.